The first-order valence-electron chi connectivity index (χ1n) is 19.9. The average Bonchev–Trinajstić information content (AvgIpc) is 3.16. The van der Waals surface area contributed by atoms with Crippen LogP contribution in [0.1, 0.15) is 66.5 Å². The first kappa shape index (κ1) is 48.4. The van der Waals surface area contributed by atoms with Crippen molar-refractivity contribution in [1.29, 1.82) is 0 Å². The molecule has 20 heteroatoms. The van der Waals surface area contributed by atoms with Crippen LogP contribution in [0.2, 0.25) is 0 Å². The van der Waals surface area contributed by atoms with Gasteiger partial charge in [-0.2, -0.15) is 0 Å². The maximum absolute atomic E-state index is 13.3. The summed E-state index contributed by atoms with van der Waals surface area (Å²) in [6, 6.07) is 8.24. The van der Waals surface area contributed by atoms with Crippen molar-refractivity contribution in [1.82, 2.24) is 30.2 Å². The highest BCUT2D eigenvalue weighted by atomic mass is 16.6. The first-order chi connectivity index (χ1) is 28.9. The normalized spacial score (nSPS) is 17.4. The fourth-order valence-electron chi connectivity index (χ4n) is 6.38. The maximum atomic E-state index is 13.3. The van der Waals surface area contributed by atoms with Gasteiger partial charge in [-0.3, -0.25) is 29.0 Å². The molecule has 4 N–H and O–H groups in total. The second-order valence-electron chi connectivity index (χ2n) is 17.0. The van der Waals surface area contributed by atoms with Crippen LogP contribution in [-0.2, 0) is 60.6 Å². The molecule has 2 aromatic rings. The Kier molecular flexibility index (Phi) is 16.0. The Hall–Kier alpha value is -6.28. The molecule has 0 saturated carbocycles. The van der Waals surface area contributed by atoms with Gasteiger partial charge in [-0.05, 0) is 90.8 Å². The van der Waals surface area contributed by atoms with Gasteiger partial charge in [0.2, 0.25) is 23.6 Å². The molecule has 4 unspecified atom stereocenters. The summed E-state index contributed by atoms with van der Waals surface area (Å²) >= 11 is 0. The van der Waals surface area contributed by atoms with E-state index in [0.29, 0.717) is 11.1 Å². The predicted molar refractivity (Wildman–Crippen MR) is 218 cm³/mol. The van der Waals surface area contributed by atoms with Gasteiger partial charge in [-0.15, -0.1) is 0 Å². The molecular formula is C42H56N6O14. The lowest BCUT2D eigenvalue weighted by molar-refractivity contribution is -0.169. The number of piperazine rings is 2. The number of phenolic OH excluding ortho intramolecular Hbond substituents is 2. The Bertz CT molecular complexity index is 1800. The Morgan fingerprint density at radius 1 is 0.565 bits per heavy atom. The van der Waals surface area contributed by atoms with Crippen LogP contribution in [0.25, 0.3) is 0 Å². The Morgan fingerprint density at radius 3 is 1.13 bits per heavy atom. The number of aromatic hydroxyl groups is 2. The molecule has 2 aliphatic heterocycles. The number of nitrogens with zero attached hydrogens (tertiary/aromatic N) is 4. The van der Waals surface area contributed by atoms with Crippen LogP contribution in [0.15, 0.2) is 48.5 Å². The summed E-state index contributed by atoms with van der Waals surface area (Å²) in [4.78, 5) is 109. The van der Waals surface area contributed by atoms with E-state index in [-0.39, 0.29) is 50.5 Å². The van der Waals surface area contributed by atoms with Crippen LogP contribution in [0.5, 0.6) is 11.5 Å². The minimum atomic E-state index is -1.27. The third kappa shape index (κ3) is 14.4. The van der Waals surface area contributed by atoms with E-state index in [9.17, 15) is 48.6 Å². The van der Waals surface area contributed by atoms with Crippen molar-refractivity contribution in [3.05, 3.63) is 59.7 Å². The van der Waals surface area contributed by atoms with Crippen LogP contribution in [0, 0.1) is 0 Å². The number of hydrogen-bond donors (Lipinski definition) is 4. The maximum Gasteiger partial charge on any atom is 0.408 e. The Morgan fingerprint density at radius 2 is 0.855 bits per heavy atom. The van der Waals surface area contributed by atoms with Gasteiger partial charge < -0.3 is 39.8 Å². The predicted octanol–water partition coefficient (Wildman–Crippen LogP) is 1.79. The Labute approximate surface area is 359 Å². The summed E-state index contributed by atoms with van der Waals surface area (Å²) in [5.74, 6) is -4.58. The average molecular weight is 869 g/mol. The number of phenols is 2. The molecule has 2 aromatic carbocycles. The molecule has 20 nitrogen and oxygen atoms in total. The van der Waals surface area contributed by atoms with E-state index in [1.165, 1.54) is 24.3 Å². The van der Waals surface area contributed by atoms with Crippen molar-refractivity contribution in [3.63, 3.8) is 0 Å². The van der Waals surface area contributed by atoms with Crippen molar-refractivity contribution in [2.24, 2.45) is 0 Å². The summed E-state index contributed by atoms with van der Waals surface area (Å²) in [7, 11) is 0. The van der Waals surface area contributed by atoms with Gasteiger partial charge in [0, 0.05) is 24.9 Å². The molecule has 0 spiro atoms. The lowest BCUT2D eigenvalue weighted by atomic mass is 10.1. The molecule has 4 atom stereocenters. The summed E-state index contributed by atoms with van der Waals surface area (Å²) in [6.45, 7) is 10.9. The number of amides is 6. The van der Waals surface area contributed by atoms with E-state index in [4.69, 9.17) is 18.9 Å². The number of benzene rings is 2. The zero-order valence-electron chi connectivity index (χ0n) is 36.2. The first-order valence-corrected chi connectivity index (χ1v) is 19.9. The monoisotopic (exact) mass is 868 g/mol. The number of esters is 2. The molecule has 0 aromatic heterocycles. The van der Waals surface area contributed by atoms with Crippen LogP contribution < -0.4 is 10.6 Å². The summed E-state index contributed by atoms with van der Waals surface area (Å²) in [5.41, 5.74) is -0.600. The molecule has 0 bridgehead atoms. The number of rotatable bonds is 15. The molecule has 6 amide bonds. The summed E-state index contributed by atoms with van der Waals surface area (Å²) in [6.07, 6.45) is -1.89. The lowest BCUT2D eigenvalue weighted by Crippen LogP contribution is -2.63. The fourth-order valence-corrected chi connectivity index (χ4v) is 6.38. The van der Waals surface area contributed by atoms with Crippen LogP contribution in [-0.4, -0.2) is 153 Å². The van der Waals surface area contributed by atoms with E-state index in [1.54, 1.807) is 89.5 Å². The number of carbonyl (C=O) groups is 8. The van der Waals surface area contributed by atoms with Crippen molar-refractivity contribution in [3.8, 4) is 11.5 Å². The van der Waals surface area contributed by atoms with Crippen molar-refractivity contribution >= 4 is 47.8 Å². The molecule has 2 saturated heterocycles. The number of imide groups is 2. The number of nitrogens with one attached hydrogen (secondary N) is 2. The second kappa shape index (κ2) is 20.5. The molecule has 62 heavy (non-hydrogen) atoms. The zero-order chi connectivity index (χ0) is 46.1. The SMILES string of the molecule is CC(C(C)N1CC(=O)N(COC(=O)C(Cc2ccc(O)cc2)NC(=O)OC(C)(C)C)C(=O)C1)N1CC(=O)N(COC(=O)C(Cc2ccc(O)cc2)NC(=O)OC(C)(C)C)C(=O)C1. The summed E-state index contributed by atoms with van der Waals surface area (Å²) in [5, 5.41) is 24.2. The quantitative estimate of drug-likeness (QED) is 0.113. The van der Waals surface area contributed by atoms with Gasteiger partial charge in [-0.1, -0.05) is 24.3 Å². The zero-order valence-corrected chi connectivity index (χ0v) is 36.2. The second-order valence-corrected chi connectivity index (χ2v) is 17.0. The molecule has 0 radical (unpaired) electrons. The minimum absolute atomic E-state index is 0.000980. The molecule has 2 fully saturated rings. The van der Waals surface area contributed by atoms with E-state index in [0.717, 1.165) is 9.80 Å². The van der Waals surface area contributed by atoms with Crippen molar-refractivity contribution in [2.45, 2.75) is 104 Å². The minimum Gasteiger partial charge on any atom is -0.508 e. The molecule has 338 valence electrons. The number of ether oxygens (including phenoxy) is 4. The van der Waals surface area contributed by atoms with E-state index in [1.807, 2.05) is 0 Å². The van der Waals surface area contributed by atoms with E-state index in [2.05, 4.69) is 10.6 Å². The number of alkyl carbamates (subject to hydrolysis) is 2. The highest BCUT2D eigenvalue weighted by Gasteiger charge is 2.41. The van der Waals surface area contributed by atoms with Gasteiger partial charge in [0.05, 0.1) is 26.2 Å². The lowest BCUT2D eigenvalue weighted by Gasteiger charge is -2.43. The third-order valence-corrected chi connectivity index (χ3v) is 9.78. The van der Waals surface area contributed by atoms with Gasteiger partial charge in [0.25, 0.3) is 0 Å². The molecule has 4 rings (SSSR count). The Balaban J connectivity index is 1.31. The number of carbonyl (C=O) groups excluding carboxylic acids is 8. The highest BCUT2D eigenvalue weighted by molar-refractivity contribution is 6.00. The summed E-state index contributed by atoms with van der Waals surface area (Å²) < 4.78 is 21.3. The van der Waals surface area contributed by atoms with E-state index >= 15 is 0 Å². The highest BCUT2D eigenvalue weighted by Crippen LogP contribution is 2.20. The molecule has 2 aliphatic rings. The van der Waals surface area contributed by atoms with Crippen molar-refractivity contribution < 1.29 is 67.5 Å². The molecule has 0 aliphatic carbocycles. The van der Waals surface area contributed by atoms with E-state index < -0.39 is 96.6 Å². The molecular weight excluding hydrogens is 812 g/mol. The standard InChI is InChI=1S/C42H56N6O14/c1-25(45-19-33(51)47(34(52)20-45)23-59-37(55)31(43-39(57)61-41(3,4)5)17-27-9-13-29(49)14-10-27)26(2)46-21-35(53)48(36(54)22-46)24-60-38(56)32(44-40(58)62-42(6,7)8)18-28-11-15-30(50)16-12-28/h9-16,25-26,31-32,49-50H,17-24H2,1-8H3,(H,43,57)(H,44,58). The number of hydrogen-bond acceptors (Lipinski definition) is 16. The smallest absolute Gasteiger partial charge is 0.408 e. The van der Waals surface area contributed by atoms with Crippen LogP contribution >= 0.6 is 0 Å². The molecule has 2 heterocycles. The van der Waals surface area contributed by atoms with Gasteiger partial charge >= 0.3 is 24.1 Å². The third-order valence-electron chi connectivity index (χ3n) is 9.78. The van der Waals surface area contributed by atoms with Crippen molar-refractivity contribution in [2.75, 3.05) is 39.6 Å². The van der Waals surface area contributed by atoms with Gasteiger partial charge in [0.1, 0.15) is 34.8 Å². The topological polar surface area (TPSA) is 251 Å². The van der Waals surface area contributed by atoms with Crippen LogP contribution in [0.3, 0.4) is 0 Å². The fraction of sp³-hybridized carbons (Fsp3) is 0.524. The van der Waals surface area contributed by atoms with Gasteiger partial charge in [-0.25, -0.2) is 29.0 Å². The van der Waals surface area contributed by atoms with Crippen LogP contribution in [0.4, 0.5) is 9.59 Å². The van der Waals surface area contributed by atoms with Gasteiger partial charge in [0.15, 0.2) is 13.5 Å². The largest absolute Gasteiger partial charge is 0.508 e.